The molecule has 0 spiro atoms. The third-order valence-corrected chi connectivity index (χ3v) is 6.84. The molecule has 1 aliphatic heterocycles. The van der Waals surface area contributed by atoms with E-state index in [-0.39, 0.29) is 33.1 Å². The van der Waals surface area contributed by atoms with E-state index in [1.54, 1.807) is 0 Å². The summed E-state index contributed by atoms with van der Waals surface area (Å²) in [6.07, 6.45) is -0.608. The van der Waals surface area contributed by atoms with Crippen molar-refractivity contribution >= 4 is 27.6 Å². The van der Waals surface area contributed by atoms with E-state index in [0.29, 0.717) is 19.4 Å². The summed E-state index contributed by atoms with van der Waals surface area (Å²) in [7, 11) is 0. The Hall–Kier alpha value is -2.53. The molecular weight excluding hydrogens is 418 g/mol. The summed E-state index contributed by atoms with van der Waals surface area (Å²) in [6.45, 7) is 4.59. The number of ether oxygens (including phenoxy) is 1. The fraction of sp³-hybridized carbons (Fsp3) is 0.476. The number of benzene rings is 1. The van der Waals surface area contributed by atoms with Gasteiger partial charge in [0.15, 0.2) is 5.65 Å². The summed E-state index contributed by atoms with van der Waals surface area (Å²) < 4.78 is 7.83. The highest BCUT2D eigenvalue weighted by Gasteiger charge is 2.43. The van der Waals surface area contributed by atoms with Crippen molar-refractivity contribution in [3.8, 4) is 0 Å². The molecule has 1 fully saturated rings. The fourth-order valence-electron chi connectivity index (χ4n) is 4.13. The number of hydrogen-bond donors (Lipinski definition) is 4. The smallest absolute Gasteiger partial charge is 0.311 e. The van der Waals surface area contributed by atoms with Crippen molar-refractivity contribution in [2.75, 3.05) is 5.73 Å². The molecule has 5 atom stereocenters. The summed E-state index contributed by atoms with van der Waals surface area (Å²) in [6, 6.07) is 10.0. The topological polar surface area (TPSA) is 135 Å². The van der Waals surface area contributed by atoms with Crippen molar-refractivity contribution < 1.29 is 9.84 Å². The highest BCUT2D eigenvalue weighted by Crippen LogP contribution is 2.39. The van der Waals surface area contributed by atoms with E-state index in [1.165, 1.54) is 4.57 Å². The number of aliphatic hydroxyl groups is 1. The first kappa shape index (κ1) is 21.7. The van der Waals surface area contributed by atoms with E-state index >= 15 is 0 Å². The van der Waals surface area contributed by atoms with Crippen LogP contribution in [0.1, 0.15) is 38.5 Å². The normalized spacial score (nSPS) is 23.3. The van der Waals surface area contributed by atoms with Crippen LogP contribution >= 0.6 is 11.3 Å². The second-order valence-corrected chi connectivity index (χ2v) is 8.90. The molecule has 0 bridgehead atoms. The van der Waals surface area contributed by atoms with Gasteiger partial charge in [0.25, 0.3) is 5.56 Å². The van der Waals surface area contributed by atoms with Crippen LogP contribution in [-0.2, 0) is 11.3 Å². The van der Waals surface area contributed by atoms with Crippen LogP contribution in [-0.4, -0.2) is 37.9 Å². The van der Waals surface area contributed by atoms with Gasteiger partial charge in [-0.1, -0.05) is 48.6 Å². The molecule has 3 heterocycles. The van der Waals surface area contributed by atoms with Gasteiger partial charge in [0.05, 0.1) is 12.2 Å². The summed E-state index contributed by atoms with van der Waals surface area (Å²) in [5.74, 6) is -0.174. The average Bonchev–Trinajstić information content (AvgIpc) is 3.33. The lowest BCUT2D eigenvalue weighted by Gasteiger charge is -2.26. The maximum absolute atomic E-state index is 12.9. The molecule has 0 aliphatic carbocycles. The molecule has 1 aliphatic rings. The molecule has 2 aromatic heterocycles. The number of aromatic amines is 1. The van der Waals surface area contributed by atoms with Gasteiger partial charge >= 0.3 is 4.87 Å². The van der Waals surface area contributed by atoms with Gasteiger partial charge in [-0.25, -0.2) is 0 Å². The number of aromatic nitrogens is 3. The van der Waals surface area contributed by atoms with Crippen molar-refractivity contribution in [2.45, 2.75) is 57.7 Å². The number of fused-ring (bicyclic) bond motifs is 1. The van der Waals surface area contributed by atoms with Gasteiger partial charge in [0.1, 0.15) is 10.9 Å². The molecule has 31 heavy (non-hydrogen) atoms. The molecule has 0 unspecified atom stereocenters. The van der Waals surface area contributed by atoms with E-state index in [2.05, 4.69) is 15.3 Å². The van der Waals surface area contributed by atoms with Crippen LogP contribution in [0.15, 0.2) is 39.9 Å². The zero-order valence-electron chi connectivity index (χ0n) is 17.4. The van der Waals surface area contributed by atoms with Gasteiger partial charge in [-0.3, -0.25) is 19.1 Å². The molecule has 5 N–H and O–H groups in total. The van der Waals surface area contributed by atoms with Crippen molar-refractivity contribution in [2.24, 2.45) is 5.92 Å². The van der Waals surface area contributed by atoms with Crippen molar-refractivity contribution in [1.29, 1.82) is 0 Å². The molecule has 0 saturated carbocycles. The first-order valence-electron chi connectivity index (χ1n) is 10.4. The number of nitrogens with zero attached hydrogens (tertiary/aromatic N) is 2. The molecule has 0 amide bonds. The van der Waals surface area contributed by atoms with Gasteiger partial charge < -0.3 is 20.9 Å². The monoisotopic (exact) mass is 445 g/mol. The molecule has 4 rings (SSSR count). The third kappa shape index (κ3) is 4.29. The lowest BCUT2D eigenvalue weighted by Crippen LogP contribution is -2.38. The molecule has 10 heteroatoms. The maximum Gasteiger partial charge on any atom is 0.311 e. The van der Waals surface area contributed by atoms with Crippen molar-refractivity contribution in [1.82, 2.24) is 19.9 Å². The number of nitrogens with one attached hydrogen (secondary N) is 2. The van der Waals surface area contributed by atoms with E-state index in [9.17, 15) is 14.7 Å². The molecule has 9 nitrogen and oxygen atoms in total. The van der Waals surface area contributed by atoms with E-state index in [1.807, 2.05) is 44.2 Å². The average molecular weight is 446 g/mol. The summed E-state index contributed by atoms with van der Waals surface area (Å²) >= 11 is 0.823. The Morgan fingerprint density at radius 1 is 1.39 bits per heavy atom. The van der Waals surface area contributed by atoms with Crippen LogP contribution in [0.4, 0.5) is 5.95 Å². The Labute approximate surface area is 182 Å². The third-order valence-electron chi connectivity index (χ3n) is 5.89. The highest BCUT2D eigenvalue weighted by atomic mass is 32.1. The quantitative estimate of drug-likeness (QED) is 0.434. The summed E-state index contributed by atoms with van der Waals surface area (Å²) in [4.78, 5) is 31.4. The number of thiazole rings is 1. The van der Waals surface area contributed by atoms with Crippen LogP contribution in [0.5, 0.6) is 0 Å². The molecule has 0 radical (unpaired) electrons. The number of anilines is 1. The number of rotatable bonds is 7. The van der Waals surface area contributed by atoms with Gasteiger partial charge in [-0.2, -0.15) is 4.98 Å². The first-order chi connectivity index (χ1) is 14.9. The number of nitrogen functional groups attached to an aromatic ring is 1. The second-order valence-electron chi connectivity index (χ2n) is 7.94. The van der Waals surface area contributed by atoms with Crippen molar-refractivity contribution in [3.05, 3.63) is 55.9 Å². The van der Waals surface area contributed by atoms with Gasteiger partial charge in [0.2, 0.25) is 5.95 Å². The standard InChI is InChI=1S/C21H27N5O4S/c1-3-14(27)15-9-13(11(2)23-10-12-7-5-4-6-8-12)19(30-15)26-17-16(31-21(26)29)18(28)25-20(22)24-17/h4-8,11,13-15,19,23,27H,3,9-10H2,1-2H3,(H3,22,24,25,28)/t11-,13-,14-,15-,19+/m0/s1. The van der Waals surface area contributed by atoms with Crippen LogP contribution < -0.4 is 21.5 Å². The molecule has 3 aromatic rings. The summed E-state index contributed by atoms with van der Waals surface area (Å²) in [5, 5.41) is 13.9. The highest BCUT2D eigenvalue weighted by molar-refractivity contribution is 7.16. The van der Waals surface area contributed by atoms with E-state index in [4.69, 9.17) is 10.5 Å². The number of aliphatic hydroxyl groups excluding tert-OH is 1. The molecule has 166 valence electrons. The predicted octanol–water partition coefficient (Wildman–Crippen LogP) is 1.58. The fourth-order valence-corrected chi connectivity index (χ4v) is 4.97. The zero-order valence-corrected chi connectivity index (χ0v) is 18.3. The minimum absolute atomic E-state index is 0.0274. The second kappa shape index (κ2) is 8.91. The molecule has 1 aromatic carbocycles. The SMILES string of the molecule is CC[C@H](O)[C@@H]1C[C@@H]([C@H](C)NCc2ccccc2)[C@H](n2c(=O)sc3c(=O)[nH]c(N)nc32)O1. The van der Waals surface area contributed by atoms with E-state index < -0.39 is 24.0 Å². The Kier molecular flexibility index (Phi) is 6.24. The largest absolute Gasteiger partial charge is 0.390 e. The predicted molar refractivity (Wildman–Crippen MR) is 120 cm³/mol. The minimum Gasteiger partial charge on any atom is -0.390 e. The van der Waals surface area contributed by atoms with Crippen molar-refractivity contribution in [3.63, 3.8) is 0 Å². The maximum atomic E-state index is 12.9. The van der Waals surface area contributed by atoms with Crippen LogP contribution in [0, 0.1) is 5.92 Å². The minimum atomic E-state index is -0.667. The van der Waals surface area contributed by atoms with Crippen LogP contribution in [0.2, 0.25) is 0 Å². The summed E-state index contributed by atoms with van der Waals surface area (Å²) in [5.41, 5.74) is 6.65. The molecule has 1 saturated heterocycles. The van der Waals surface area contributed by atoms with Gasteiger partial charge in [0, 0.05) is 18.5 Å². The number of H-pyrrole nitrogens is 1. The lowest BCUT2D eigenvalue weighted by molar-refractivity contribution is -0.0671. The van der Waals surface area contributed by atoms with Crippen LogP contribution in [0.3, 0.4) is 0 Å². The zero-order chi connectivity index (χ0) is 22.1. The Balaban J connectivity index is 1.68. The van der Waals surface area contributed by atoms with E-state index in [0.717, 1.165) is 16.9 Å². The van der Waals surface area contributed by atoms with Gasteiger partial charge in [-0.15, -0.1) is 0 Å². The Bertz CT molecular complexity index is 1160. The molecular formula is C21H27N5O4S. The Morgan fingerprint density at radius 2 is 2.13 bits per heavy atom. The number of hydrogen-bond acceptors (Lipinski definition) is 8. The van der Waals surface area contributed by atoms with Crippen LogP contribution in [0.25, 0.3) is 10.3 Å². The number of nitrogens with two attached hydrogens (primary N) is 1. The first-order valence-corrected chi connectivity index (χ1v) is 11.2. The van der Waals surface area contributed by atoms with Gasteiger partial charge in [-0.05, 0) is 25.3 Å². The lowest BCUT2D eigenvalue weighted by atomic mass is 9.93. The Morgan fingerprint density at radius 3 is 2.84 bits per heavy atom.